The Morgan fingerprint density at radius 1 is 1.67 bits per heavy atom. The maximum Gasteiger partial charge on any atom is 0.149 e. The molecule has 0 bridgehead atoms. The average molecular weight is 184 g/mol. The van der Waals surface area contributed by atoms with E-state index in [1.165, 1.54) is 6.20 Å². The van der Waals surface area contributed by atoms with E-state index in [1.54, 1.807) is 6.20 Å². The van der Waals surface area contributed by atoms with Gasteiger partial charge in [0.05, 0.1) is 12.4 Å². The van der Waals surface area contributed by atoms with E-state index in [9.17, 15) is 0 Å². The molecule has 0 saturated heterocycles. The van der Waals surface area contributed by atoms with Crippen LogP contribution in [-0.4, -0.2) is 16.5 Å². The van der Waals surface area contributed by atoms with Crippen molar-refractivity contribution in [2.24, 2.45) is 0 Å². The fourth-order valence-corrected chi connectivity index (χ4v) is 0.816. The Labute approximate surface area is 76.5 Å². The summed E-state index contributed by atoms with van der Waals surface area (Å²) in [6.07, 6.45) is 3.11. The summed E-state index contributed by atoms with van der Waals surface area (Å²) in [6.45, 7) is 6.37. The first-order valence-corrected chi connectivity index (χ1v) is 3.92. The Kier molecular flexibility index (Phi) is 3.05. The van der Waals surface area contributed by atoms with Crippen LogP contribution in [0, 0.1) is 0 Å². The molecular weight excluding hydrogens is 174 g/mol. The summed E-state index contributed by atoms with van der Waals surface area (Å²) < 4.78 is 0. The van der Waals surface area contributed by atoms with Crippen molar-refractivity contribution in [3.8, 4) is 0 Å². The number of hydrogen-bond donors (Lipinski definition) is 1. The van der Waals surface area contributed by atoms with Gasteiger partial charge in [-0.3, -0.25) is 4.98 Å². The van der Waals surface area contributed by atoms with Gasteiger partial charge in [-0.25, -0.2) is 4.98 Å². The van der Waals surface area contributed by atoms with E-state index in [0.717, 1.165) is 5.57 Å². The lowest BCUT2D eigenvalue weighted by Crippen LogP contribution is -2.03. The third-order valence-corrected chi connectivity index (χ3v) is 1.36. The lowest BCUT2D eigenvalue weighted by atomic mass is 10.3. The number of nitrogens with zero attached hydrogens (tertiary/aromatic N) is 2. The maximum absolute atomic E-state index is 5.62. The van der Waals surface area contributed by atoms with Crippen molar-refractivity contribution in [2.75, 3.05) is 11.9 Å². The van der Waals surface area contributed by atoms with Gasteiger partial charge in [0.1, 0.15) is 11.0 Å². The van der Waals surface area contributed by atoms with Gasteiger partial charge in [0.25, 0.3) is 0 Å². The molecular formula is C8H10ClN3. The number of aromatic nitrogens is 2. The quantitative estimate of drug-likeness (QED) is 0.730. The fraction of sp³-hybridized carbons (Fsp3) is 0.250. The van der Waals surface area contributed by atoms with E-state index in [-0.39, 0.29) is 0 Å². The highest BCUT2D eigenvalue weighted by atomic mass is 35.5. The molecule has 0 aliphatic carbocycles. The summed E-state index contributed by atoms with van der Waals surface area (Å²) in [7, 11) is 0. The topological polar surface area (TPSA) is 37.8 Å². The third kappa shape index (κ3) is 2.88. The molecule has 64 valence electrons. The van der Waals surface area contributed by atoms with Crippen LogP contribution in [0.25, 0.3) is 0 Å². The number of anilines is 1. The Morgan fingerprint density at radius 2 is 2.42 bits per heavy atom. The molecule has 1 N–H and O–H groups in total. The summed E-state index contributed by atoms with van der Waals surface area (Å²) >= 11 is 5.62. The molecule has 0 unspecified atom stereocenters. The molecule has 0 atom stereocenters. The Hall–Kier alpha value is -1.09. The predicted octanol–water partition coefficient (Wildman–Crippen LogP) is 2.12. The van der Waals surface area contributed by atoms with Gasteiger partial charge in [-0.2, -0.15) is 0 Å². The summed E-state index contributed by atoms with van der Waals surface area (Å²) in [4.78, 5) is 7.87. The van der Waals surface area contributed by atoms with Crippen LogP contribution in [-0.2, 0) is 0 Å². The molecule has 0 fully saturated rings. The normalized spacial score (nSPS) is 9.50. The van der Waals surface area contributed by atoms with Crippen molar-refractivity contribution in [1.82, 2.24) is 9.97 Å². The Morgan fingerprint density at radius 3 is 3.00 bits per heavy atom. The van der Waals surface area contributed by atoms with Crippen LogP contribution in [0.1, 0.15) is 6.92 Å². The second-order valence-electron chi connectivity index (χ2n) is 2.54. The molecule has 3 nitrogen and oxygen atoms in total. The summed E-state index contributed by atoms with van der Waals surface area (Å²) in [5.41, 5.74) is 1.04. The van der Waals surface area contributed by atoms with E-state index in [0.29, 0.717) is 17.5 Å². The van der Waals surface area contributed by atoms with E-state index < -0.39 is 0 Å². The molecule has 0 radical (unpaired) electrons. The zero-order valence-electron chi connectivity index (χ0n) is 6.84. The van der Waals surface area contributed by atoms with Crippen molar-refractivity contribution in [2.45, 2.75) is 6.92 Å². The van der Waals surface area contributed by atoms with E-state index >= 15 is 0 Å². The lowest BCUT2D eigenvalue weighted by Gasteiger charge is -2.03. The molecule has 0 saturated carbocycles. The van der Waals surface area contributed by atoms with Gasteiger partial charge in [-0.05, 0) is 6.92 Å². The van der Waals surface area contributed by atoms with Crippen molar-refractivity contribution in [1.29, 1.82) is 0 Å². The Balaban J connectivity index is 2.57. The Bertz CT molecular complexity index is 285. The largest absolute Gasteiger partial charge is 0.365 e. The molecule has 4 heteroatoms. The molecule has 1 aromatic rings. The fourth-order valence-electron chi connectivity index (χ4n) is 0.669. The highest BCUT2D eigenvalue weighted by molar-refractivity contribution is 6.29. The minimum absolute atomic E-state index is 0.390. The summed E-state index contributed by atoms with van der Waals surface area (Å²) in [5.74, 6) is 0.672. The number of nitrogens with one attached hydrogen (secondary N) is 1. The molecule has 12 heavy (non-hydrogen) atoms. The number of halogens is 1. The van der Waals surface area contributed by atoms with E-state index in [1.807, 2.05) is 6.92 Å². The molecule has 0 aromatic carbocycles. The van der Waals surface area contributed by atoms with Crippen LogP contribution in [0.2, 0.25) is 5.15 Å². The van der Waals surface area contributed by atoms with Crippen LogP contribution in [0.15, 0.2) is 24.5 Å². The number of rotatable bonds is 3. The summed E-state index contributed by atoms with van der Waals surface area (Å²) in [6, 6.07) is 0. The van der Waals surface area contributed by atoms with Gasteiger partial charge in [0.15, 0.2) is 0 Å². The minimum Gasteiger partial charge on any atom is -0.365 e. The zero-order chi connectivity index (χ0) is 8.97. The standard InChI is InChI=1S/C8H10ClN3/c1-6(2)3-11-8-5-10-4-7(9)12-8/h4-5H,1,3H2,2H3,(H,11,12). The average Bonchev–Trinajstić information content (AvgIpc) is 2.01. The van der Waals surface area contributed by atoms with Crippen molar-refractivity contribution >= 4 is 17.4 Å². The maximum atomic E-state index is 5.62. The molecule has 0 aliphatic rings. The third-order valence-electron chi connectivity index (χ3n) is 1.18. The SMILES string of the molecule is C=C(C)CNc1cncc(Cl)n1. The number of hydrogen-bond acceptors (Lipinski definition) is 3. The van der Waals surface area contributed by atoms with Gasteiger partial charge >= 0.3 is 0 Å². The molecule has 1 heterocycles. The first-order chi connectivity index (χ1) is 5.68. The van der Waals surface area contributed by atoms with Gasteiger partial charge in [0.2, 0.25) is 0 Å². The van der Waals surface area contributed by atoms with Crippen molar-refractivity contribution in [3.63, 3.8) is 0 Å². The first-order valence-electron chi connectivity index (χ1n) is 3.54. The molecule has 0 spiro atoms. The molecule has 0 amide bonds. The highest BCUT2D eigenvalue weighted by Gasteiger charge is 1.94. The molecule has 1 rings (SSSR count). The van der Waals surface area contributed by atoms with Crippen molar-refractivity contribution < 1.29 is 0 Å². The lowest BCUT2D eigenvalue weighted by molar-refractivity contribution is 1.13. The van der Waals surface area contributed by atoms with E-state index in [2.05, 4.69) is 21.9 Å². The monoisotopic (exact) mass is 183 g/mol. The molecule has 1 aromatic heterocycles. The smallest absolute Gasteiger partial charge is 0.149 e. The van der Waals surface area contributed by atoms with Crippen LogP contribution in [0.5, 0.6) is 0 Å². The van der Waals surface area contributed by atoms with Crippen LogP contribution in [0.3, 0.4) is 0 Å². The zero-order valence-corrected chi connectivity index (χ0v) is 7.60. The molecule has 0 aliphatic heterocycles. The van der Waals surface area contributed by atoms with Crippen LogP contribution < -0.4 is 5.32 Å². The minimum atomic E-state index is 0.390. The van der Waals surface area contributed by atoms with Crippen molar-refractivity contribution in [3.05, 3.63) is 29.7 Å². The highest BCUT2D eigenvalue weighted by Crippen LogP contribution is 2.06. The second-order valence-corrected chi connectivity index (χ2v) is 2.92. The van der Waals surface area contributed by atoms with Crippen LogP contribution >= 0.6 is 11.6 Å². The van der Waals surface area contributed by atoms with Gasteiger partial charge in [-0.15, -0.1) is 0 Å². The second kappa shape index (κ2) is 4.07. The first kappa shape index (κ1) is 9.00. The van der Waals surface area contributed by atoms with Gasteiger partial charge in [0, 0.05) is 6.54 Å². The van der Waals surface area contributed by atoms with Crippen LogP contribution in [0.4, 0.5) is 5.82 Å². The van der Waals surface area contributed by atoms with Gasteiger partial charge in [-0.1, -0.05) is 23.8 Å². The predicted molar refractivity (Wildman–Crippen MR) is 50.3 cm³/mol. The summed E-state index contributed by atoms with van der Waals surface area (Å²) in [5, 5.41) is 3.42. The van der Waals surface area contributed by atoms with E-state index in [4.69, 9.17) is 11.6 Å². The van der Waals surface area contributed by atoms with Gasteiger partial charge < -0.3 is 5.32 Å².